The fraction of sp³-hybridized carbons (Fsp3) is 0.182. The van der Waals surface area contributed by atoms with E-state index in [1.807, 2.05) is 13.0 Å². The molecule has 0 atom stereocenters. The summed E-state index contributed by atoms with van der Waals surface area (Å²) in [5.41, 5.74) is 4.71. The van der Waals surface area contributed by atoms with E-state index in [4.69, 9.17) is 25.5 Å². The van der Waals surface area contributed by atoms with Gasteiger partial charge in [-0.05, 0) is 55.3 Å². The summed E-state index contributed by atoms with van der Waals surface area (Å²) in [6, 6.07) is 10.5. The highest BCUT2D eigenvalue weighted by Gasteiger charge is 2.13. The number of carbonyl (C=O) groups is 1. The van der Waals surface area contributed by atoms with Crippen LogP contribution in [-0.4, -0.2) is 25.8 Å². The summed E-state index contributed by atoms with van der Waals surface area (Å²) >= 11 is 5.96. The van der Waals surface area contributed by atoms with Crippen molar-refractivity contribution >= 4 is 34.7 Å². The number of allylic oxidation sites excluding steroid dienone is 1. The molecule has 3 aromatic rings. The normalized spacial score (nSPS) is 11.0. The second-order valence-corrected chi connectivity index (χ2v) is 6.57. The van der Waals surface area contributed by atoms with Gasteiger partial charge in [-0.3, -0.25) is 4.79 Å². The first-order valence-electron chi connectivity index (χ1n) is 9.02. The molecule has 0 aliphatic rings. The number of nitrogens with one attached hydrogen (secondary N) is 1. The Kier molecular flexibility index (Phi) is 6.57. The molecule has 0 aliphatic carbocycles. The van der Waals surface area contributed by atoms with Crippen molar-refractivity contribution in [3.63, 3.8) is 0 Å². The molecular weight excluding hydrogens is 392 g/mol. The van der Waals surface area contributed by atoms with Gasteiger partial charge in [-0.2, -0.15) is 5.10 Å². The van der Waals surface area contributed by atoms with Gasteiger partial charge in [0.1, 0.15) is 5.58 Å². The van der Waals surface area contributed by atoms with Gasteiger partial charge >= 0.3 is 5.91 Å². The number of carbonyl (C=O) groups excluding carboxylic acids is 1. The molecule has 1 N–H and O–H groups in total. The SMILES string of the molecule is C=CCc1cc(/C=N/NC(=O)c2cc3cc(Cl)ccc3o2)cc(OCC)c1OC. The third-order valence-corrected chi connectivity index (χ3v) is 4.34. The van der Waals surface area contributed by atoms with Gasteiger partial charge in [0.25, 0.3) is 0 Å². The Balaban J connectivity index is 1.79. The average Bonchev–Trinajstić information content (AvgIpc) is 3.12. The monoisotopic (exact) mass is 412 g/mol. The van der Waals surface area contributed by atoms with Crippen molar-refractivity contribution in [2.45, 2.75) is 13.3 Å². The Morgan fingerprint density at radius 1 is 1.31 bits per heavy atom. The summed E-state index contributed by atoms with van der Waals surface area (Å²) in [6.45, 7) is 6.17. The molecule has 2 aromatic carbocycles. The number of hydrogen-bond donors (Lipinski definition) is 1. The van der Waals surface area contributed by atoms with Crippen molar-refractivity contribution in [3.05, 3.63) is 71.0 Å². The highest BCUT2D eigenvalue weighted by molar-refractivity contribution is 6.31. The molecular formula is C22H21ClN2O4. The molecule has 0 saturated heterocycles. The van der Waals surface area contributed by atoms with Gasteiger partial charge < -0.3 is 13.9 Å². The average molecular weight is 413 g/mol. The van der Waals surface area contributed by atoms with Gasteiger partial charge in [-0.1, -0.05) is 17.7 Å². The van der Waals surface area contributed by atoms with E-state index in [1.54, 1.807) is 43.5 Å². The van der Waals surface area contributed by atoms with Crippen LogP contribution in [0.5, 0.6) is 11.5 Å². The van der Waals surface area contributed by atoms with Crippen molar-refractivity contribution in [1.82, 2.24) is 5.43 Å². The van der Waals surface area contributed by atoms with Crippen molar-refractivity contribution < 1.29 is 18.7 Å². The van der Waals surface area contributed by atoms with Crippen molar-refractivity contribution in [1.29, 1.82) is 0 Å². The van der Waals surface area contributed by atoms with Gasteiger partial charge in [0.15, 0.2) is 17.3 Å². The van der Waals surface area contributed by atoms with Gasteiger partial charge in [0.2, 0.25) is 0 Å². The molecule has 1 amide bonds. The maximum absolute atomic E-state index is 12.3. The third kappa shape index (κ3) is 4.78. The van der Waals surface area contributed by atoms with Crippen LogP contribution in [0.3, 0.4) is 0 Å². The molecule has 3 rings (SSSR count). The molecule has 7 heteroatoms. The van der Waals surface area contributed by atoms with Gasteiger partial charge in [-0.15, -0.1) is 6.58 Å². The topological polar surface area (TPSA) is 73.1 Å². The standard InChI is InChI=1S/C22H21ClN2O4/c1-4-6-15-9-14(10-19(28-5-2)21(15)27-3)13-24-25-22(26)20-12-16-11-17(23)7-8-18(16)29-20/h4,7-13H,1,5-6H2,2-3H3,(H,25,26)/b24-13+. The summed E-state index contributed by atoms with van der Waals surface area (Å²) in [6.07, 6.45) is 3.93. The van der Waals surface area contributed by atoms with Crippen LogP contribution >= 0.6 is 11.6 Å². The maximum Gasteiger partial charge on any atom is 0.307 e. The highest BCUT2D eigenvalue weighted by Crippen LogP contribution is 2.33. The molecule has 0 bridgehead atoms. The van der Waals surface area contributed by atoms with Crippen LogP contribution in [0.25, 0.3) is 11.0 Å². The molecule has 29 heavy (non-hydrogen) atoms. The number of rotatable bonds is 8. The van der Waals surface area contributed by atoms with Crippen molar-refractivity contribution in [2.75, 3.05) is 13.7 Å². The van der Waals surface area contributed by atoms with E-state index in [9.17, 15) is 4.79 Å². The van der Waals surface area contributed by atoms with Crippen LogP contribution in [0.15, 0.2) is 58.6 Å². The maximum atomic E-state index is 12.3. The van der Waals surface area contributed by atoms with E-state index in [2.05, 4.69) is 17.1 Å². The van der Waals surface area contributed by atoms with Crippen molar-refractivity contribution in [3.8, 4) is 11.5 Å². The van der Waals surface area contributed by atoms with Crippen molar-refractivity contribution in [2.24, 2.45) is 5.10 Å². The molecule has 0 saturated carbocycles. The summed E-state index contributed by atoms with van der Waals surface area (Å²) in [5, 5.41) is 5.35. The predicted octanol–water partition coefficient (Wildman–Crippen LogP) is 4.99. The van der Waals surface area contributed by atoms with Crippen LogP contribution in [0.4, 0.5) is 0 Å². The third-order valence-electron chi connectivity index (χ3n) is 4.10. The molecule has 0 radical (unpaired) electrons. The quantitative estimate of drug-likeness (QED) is 0.321. The molecule has 0 unspecified atom stereocenters. The van der Waals surface area contributed by atoms with E-state index in [0.717, 1.165) is 16.5 Å². The Labute approximate surface area is 173 Å². The smallest absolute Gasteiger partial charge is 0.307 e. The molecule has 6 nitrogen and oxygen atoms in total. The molecule has 1 aromatic heterocycles. The summed E-state index contributed by atoms with van der Waals surface area (Å²) in [7, 11) is 1.60. The second-order valence-electron chi connectivity index (χ2n) is 6.13. The lowest BCUT2D eigenvalue weighted by Crippen LogP contribution is -2.16. The lowest BCUT2D eigenvalue weighted by Gasteiger charge is -2.14. The number of hydrazone groups is 1. The van der Waals surface area contributed by atoms with E-state index in [1.165, 1.54) is 6.21 Å². The van der Waals surface area contributed by atoms with Gasteiger partial charge in [-0.25, -0.2) is 5.43 Å². The number of methoxy groups -OCH3 is 1. The van der Waals surface area contributed by atoms with E-state index < -0.39 is 5.91 Å². The summed E-state index contributed by atoms with van der Waals surface area (Å²) < 4.78 is 16.7. The number of halogens is 1. The zero-order valence-electron chi connectivity index (χ0n) is 16.2. The van der Waals surface area contributed by atoms with E-state index in [-0.39, 0.29) is 5.76 Å². The molecule has 150 valence electrons. The van der Waals surface area contributed by atoms with Gasteiger partial charge in [0, 0.05) is 16.0 Å². The zero-order chi connectivity index (χ0) is 20.8. The number of ether oxygens (including phenoxy) is 2. The Bertz CT molecular complexity index is 1070. The Hall–Kier alpha value is -3.25. The van der Waals surface area contributed by atoms with E-state index in [0.29, 0.717) is 35.1 Å². The first-order valence-corrected chi connectivity index (χ1v) is 9.40. The lowest BCUT2D eigenvalue weighted by atomic mass is 10.1. The predicted molar refractivity (Wildman–Crippen MR) is 114 cm³/mol. The lowest BCUT2D eigenvalue weighted by molar-refractivity contribution is 0.0929. The minimum absolute atomic E-state index is 0.150. The Morgan fingerprint density at radius 3 is 2.86 bits per heavy atom. The zero-order valence-corrected chi connectivity index (χ0v) is 17.0. The number of nitrogens with zero attached hydrogens (tertiary/aromatic N) is 1. The first-order chi connectivity index (χ1) is 14.0. The van der Waals surface area contributed by atoms with Crippen LogP contribution in [-0.2, 0) is 6.42 Å². The van der Waals surface area contributed by atoms with Crippen LogP contribution in [0.1, 0.15) is 28.6 Å². The Morgan fingerprint density at radius 2 is 2.14 bits per heavy atom. The minimum Gasteiger partial charge on any atom is -0.493 e. The molecule has 1 heterocycles. The fourth-order valence-electron chi connectivity index (χ4n) is 2.91. The molecule has 0 fully saturated rings. The van der Waals surface area contributed by atoms with Crippen LogP contribution in [0, 0.1) is 0 Å². The highest BCUT2D eigenvalue weighted by atomic mass is 35.5. The largest absolute Gasteiger partial charge is 0.493 e. The summed E-state index contributed by atoms with van der Waals surface area (Å²) in [5.74, 6) is 0.958. The van der Waals surface area contributed by atoms with Crippen LogP contribution < -0.4 is 14.9 Å². The number of amides is 1. The number of hydrogen-bond acceptors (Lipinski definition) is 5. The molecule has 0 aliphatic heterocycles. The number of benzene rings is 2. The van der Waals surface area contributed by atoms with Crippen LogP contribution in [0.2, 0.25) is 5.02 Å². The number of furan rings is 1. The van der Waals surface area contributed by atoms with E-state index >= 15 is 0 Å². The minimum atomic E-state index is -0.460. The number of fused-ring (bicyclic) bond motifs is 1. The van der Waals surface area contributed by atoms with Gasteiger partial charge in [0.05, 0.1) is 19.9 Å². The second kappa shape index (κ2) is 9.30. The fourth-order valence-corrected chi connectivity index (χ4v) is 3.09. The summed E-state index contributed by atoms with van der Waals surface area (Å²) in [4.78, 5) is 12.3. The molecule has 0 spiro atoms. The first kappa shape index (κ1) is 20.5.